The van der Waals surface area contributed by atoms with Crippen molar-refractivity contribution in [1.29, 1.82) is 0 Å². The van der Waals surface area contributed by atoms with E-state index in [4.69, 9.17) is 5.11 Å². The van der Waals surface area contributed by atoms with Crippen LogP contribution < -0.4 is 5.32 Å². The first-order valence-electron chi connectivity index (χ1n) is 4.61. The molecule has 2 aromatic rings. The number of carbonyl (C=O) groups excluding carboxylic acids is 1. The molecule has 88 valence electrons. The van der Waals surface area contributed by atoms with E-state index < -0.39 is 11.9 Å². The Bertz CT molecular complexity index is 531. The lowest BCUT2D eigenvalue weighted by atomic mass is 10.4. The van der Waals surface area contributed by atoms with Gasteiger partial charge in [0.15, 0.2) is 0 Å². The molecule has 2 heterocycles. The number of carboxylic acid groups (broad SMARTS) is 1. The van der Waals surface area contributed by atoms with Crippen LogP contribution in [0.4, 0.5) is 5.69 Å². The van der Waals surface area contributed by atoms with Gasteiger partial charge in [-0.1, -0.05) is 5.16 Å². The fourth-order valence-electron chi connectivity index (χ4n) is 1.18. The number of rotatable bonds is 4. The molecule has 17 heavy (non-hydrogen) atoms. The summed E-state index contributed by atoms with van der Waals surface area (Å²) in [5, 5.41) is 18.2. The highest BCUT2D eigenvalue weighted by molar-refractivity contribution is 6.01. The molecule has 0 bridgehead atoms. The van der Waals surface area contributed by atoms with Crippen molar-refractivity contribution < 1.29 is 19.2 Å². The Labute approximate surface area is 94.8 Å². The van der Waals surface area contributed by atoms with Gasteiger partial charge in [0.1, 0.15) is 6.54 Å². The lowest BCUT2D eigenvalue weighted by Crippen LogP contribution is -2.11. The highest BCUT2D eigenvalue weighted by Crippen LogP contribution is 2.07. The van der Waals surface area contributed by atoms with Gasteiger partial charge >= 0.3 is 5.97 Å². The van der Waals surface area contributed by atoms with Crippen molar-refractivity contribution in [2.75, 3.05) is 5.32 Å². The Morgan fingerprint density at radius 3 is 3.00 bits per heavy atom. The van der Waals surface area contributed by atoms with Gasteiger partial charge in [-0.15, -0.1) is 0 Å². The molecule has 0 saturated carbocycles. The second-order valence-corrected chi connectivity index (χ2v) is 3.15. The molecule has 2 rings (SSSR count). The standard InChI is InChI=1S/C9H8N4O4/c14-8(15)5-13-4-6(3-10-13)12-9(16)7-1-2-11-17-7/h1-4H,5H2,(H,12,16)(H,14,15). The topological polar surface area (TPSA) is 110 Å². The number of hydrogen-bond acceptors (Lipinski definition) is 5. The molecule has 0 aromatic carbocycles. The van der Waals surface area contributed by atoms with E-state index in [1.54, 1.807) is 0 Å². The maximum absolute atomic E-state index is 11.5. The fraction of sp³-hybridized carbons (Fsp3) is 0.111. The molecule has 0 saturated heterocycles. The van der Waals surface area contributed by atoms with Crippen LogP contribution in [-0.4, -0.2) is 31.9 Å². The van der Waals surface area contributed by atoms with Gasteiger partial charge in [0.25, 0.3) is 5.91 Å². The first-order valence-corrected chi connectivity index (χ1v) is 4.61. The van der Waals surface area contributed by atoms with Crippen LogP contribution in [0.25, 0.3) is 0 Å². The van der Waals surface area contributed by atoms with Crippen molar-refractivity contribution in [1.82, 2.24) is 14.9 Å². The van der Waals surface area contributed by atoms with Gasteiger partial charge in [-0.2, -0.15) is 5.10 Å². The third kappa shape index (κ3) is 2.68. The molecular weight excluding hydrogens is 228 g/mol. The minimum Gasteiger partial charge on any atom is -0.480 e. The van der Waals surface area contributed by atoms with Crippen LogP contribution in [0.3, 0.4) is 0 Å². The van der Waals surface area contributed by atoms with Crippen molar-refractivity contribution in [3.05, 3.63) is 30.4 Å². The Morgan fingerprint density at radius 1 is 1.53 bits per heavy atom. The van der Waals surface area contributed by atoms with Crippen molar-refractivity contribution in [2.24, 2.45) is 0 Å². The zero-order valence-corrected chi connectivity index (χ0v) is 8.53. The van der Waals surface area contributed by atoms with Crippen LogP contribution in [0.15, 0.2) is 29.2 Å². The smallest absolute Gasteiger partial charge is 0.325 e. The van der Waals surface area contributed by atoms with E-state index in [0.29, 0.717) is 5.69 Å². The fourth-order valence-corrected chi connectivity index (χ4v) is 1.18. The molecule has 2 N–H and O–H groups in total. The third-order valence-corrected chi connectivity index (χ3v) is 1.85. The second kappa shape index (κ2) is 4.47. The van der Waals surface area contributed by atoms with E-state index >= 15 is 0 Å². The van der Waals surface area contributed by atoms with Crippen LogP contribution in [-0.2, 0) is 11.3 Å². The zero-order chi connectivity index (χ0) is 12.3. The highest BCUT2D eigenvalue weighted by Gasteiger charge is 2.11. The summed E-state index contributed by atoms with van der Waals surface area (Å²) in [6.07, 6.45) is 4.10. The molecule has 0 aliphatic carbocycles. The number of amides is 1. The van der Waals surface area contributed by atoms with Gasteiger partial charge in [0.05, 0.1) is 18.1 Å². The molecule has 0 spiro atoms. The first kappa shape index (κ1) is 10.9. The molecule has 0 fully saturated rings. The Morgan fingerprint density at radius 2 is 2.35 bits per heavy atom. The van der Waals surface area contributed by atoms with Crippen molar-refractivity contribution in [2.45, 2.75) is 6.54 Å². The van der Waals surface area contributed by atoms with Crippen LogP contribution in [0, 0.1) is 0 Å². The van der Waals surface area contributed by atoms with Gasteiger partial charge in [-0.25, -0.2) is 0 Å². The summed E-state index contributed by atoms with van der Waals surface area (Å²) < 4.78 is 5.85. The lowest BCUT2D eigenvalue weighted by Gasteiger charge is -1.97. The maximum Gasteiger partial charge on any atom is 0.325 e. The summed E-state index contributed by atoms with van der Waals surface area (Å²) in [5.41, 5.74) is 0.382. The predicted molar refractivity (Wildman–Crippen MR) is 54.3 cm³/mol. The largest absolute Gasteiger partial charge is 0.480 e. The van der Waals surface area contributed by atoms with Crippen molar-refractivity contribution in [3.8, 4) is 0 Å². The number of hydrogen-bond donors (Lipinski definition) is 2. The summed E-state index contributed by atoms with van der Waals surface area (Å²) in [4.78, 5) is 21.9. The molecule has 0 atom stereocenters. The van der Waals surface area contributed by atoms with Crippen LogP contribution in [0.5, 0.6) is 0 Å². The molecule has 8 heteroatoms. The van der Waals surface area contributed by atoms with Crippen LogP contribution in [0.1, 0.15) is 10.6 Å². The van der Waals surface area contributed by atoms with E-state index in [9.17, 15) is 9.59 Å². The van der Waals surface area contributed by atoms with Gasteiger partial charge in [-0.3, -0.25) is 14.3 Å². The molecule has 0 aliphatic rings. The summed E-state index contributed by atoms with van der Waals surface area (Å²) >= 11 is 0. The molecule has 8 nitrogen and oxygen atoms in total. The molecular formula is C9H8N4O4. The van der Waals surface area contributed by atoms with Crippen LogP contribution in [0.2, 0.25) is 0 Å². The lowest BCUT2D eigenvalue weighted by molar-refractivity contribution is -0.137. The maximum atomic E-state index is 11.5. The minimum absolute atomic E-state index is 0.0657. The number of nitrogens with zero attached hydrogens (tertiary/aromatic N) is 3. The number of carboxylic acids is 1. The number of aliphatic carboxylic acids is 1. The Hall–Kier alpha value is -2.64. The average molecular weight is 236 g/mol. The van der Waals surface area contributed by atoms with E-state index in [-0.39, 0.29) is 12.3 Å². The third-order valence-electron chi connectivity index (χ3n) is 1.85. The van der Waals surface area contributed by atoms with Gasteiger partial charge in [-0.05, 0) is 0 Å². The van der Waals surface area contributed by atoms with Crippen molar-refractivity contribution >= 4 is 17.6 Å². The normalized spacial score (nSPS) is 10.1. The minimum atomic E-state index is -1.01. The second-order valence-electron chi connectivity index (χ2n) is 3.15. The Balaban J connectivity index is 2.02. The van der Waals surface area contributed by atoms with Crippen molar-refractivity contribution in [3.63, 3.8) is 0 Å². The SMILES string of the molecule is O=C(O)Cn1cc(NC(=O)c2ccno2)cn1. The van der Waals surface area contributed by atoms with E-state index in [1.165, 1.54) is 29.3 Å². The summed E-state index contributed by atoms with van der Waals surface area (Å²) in [5.74, 6) is -1.42. The highest BCUT2D eigenvalue weighted by atomic mass is 16.5. The van der Waals surface area contributed by atoms with Gasteiger partial charge in [0.2, 0.25) is 5.76 Å². The number of aromatic nitrogens is 3. The molecule has 0 unspecified atom stereocenters. The van der Waals surface area contributed by atoms with E-state index in [2.05, 4.69) is 20.1 Å². The van der Waals surface area contributed by atoms with Crippen LogP contribution >= 0.6 is 0 Å². The van der Waals surface area contributed by atoms with Gasteiger partial charge < -0.3 is 14.9 Å². The summed E-state index contributed by atoms with van der Waals surface area (Å²) in [7, 11) is 0. The van der Waals surface area contributed by atoms with E-state index in [1.807, 2.05) is 0 Å². The quantitative estimate of drug-likeness (QED) is 0.784. The number of anilines is 1. The van der Waals surface area contributed by atoms with Gasteiger partial charge in [0, 0.05) is 12.3 Å². The summed E-state index contributed by atoms with van der Waals surface area (Å²) in [6, 6.07) is 1.41. The number of carbonyl (C=O) groups is 2. The molecule has 2 aromatic heterocycles. The number of nitrogens with one attached hydrogen (secondary N) is 1. The molecule has 1 amide bonds. The monoisotopic (exact) mass is 236 g/mol. The average Bonchev–Trinajstić information content (AvgIpc) is 2.87. The summed E-state index contributed by atoms with van der Waals surface area (Å²) in [6.45, 7) is -0.266. The Kier molecular flexibility index (Phi) is 2.86. The zero-order valence-electron chi connectivity index (χ0n) is 8.53. The predicted octanol–water partition coefficient (Wildman–Crippen LogP) is 0.208. The molecule has 0 radical (unpaired) electrons. The molecule has 0 aliphatic heterocycles. The first-order chi connectivity index (χ1) is 8.15. The van der Waals surface area contributed by atoms with E-state index in [0.717, 1.165) is 0 Å².